The minimum absolute atomic E-state index is 0.0256. The van der Waals surface area contributed by atoms with Gasteiger partial charge >= 0.3 is 11.9 Å². The summed E-state index contributed by atoms with van der Waals surface area (Å²) >= 11 is 0. The van der Waals surface area contributed by atoms with E-state index in [1.807, 2.05) is 6.07 Å². The first kappa shape index (κ1) is 26.8. The van der Waals surface area contributed by atoms with E-state index in [1.165, 1.54) is 45.1 Å². The fourth-order valence-electron chi connectivity index (χ4n) is 3.92. The van der Waals surface area contributed by atoms with Gasteiger partial charge in [-0.05, 0) is 61.3 Å². The van der Waals surface area contributed by atoms with Crippen molar-refractivity contribution in [1.82, 2.24) is 0 Å². The van der Waals surface area contributed by atoms with Gasteiger partial charge < -0.3 is 20.3 Å². The van der Waals surface area contributed by atoms with E-state index in [0.717, 1.165) is 31.9 Å². The number of hydrogen-bond acceptors (Lipinski definition) is 8. The number of nitrogen functional groups attached to an aromatic ring is 1. The molecular weight excluding hydrogens is 440 g/mol. The molecular formula is C25H32N2O7. The zero-order valence-electron chi connectivity index (χ0n) is 19.8. The van der Waals surface area contributed by atoms with Crippen molar-refractivity contribution in [2.24, 2.45) is 0 Å². The van der Waals surface area contributed by atoms with Crippen molar-refractivity contribution in [3.63, 3.8) is 0 Å². The van der Waals surface area contributed by atoms with Crippen molar-refractivity contribution in [1.29, 1.82) is 0 Å². The first-order valence-electron chi connectivity index (χ1n) is 11.1. The number of ether oxygens (including phenoxy) is 2. The van der Waals surface area contributed by atoms with Gasteiger partial charge in [0.2, 0.25) is 0 Å². The lowest BCUT2D eigenvalue weighted by molar-refractivity contribution is -0.385. The maximum Gasteiger partial charge on any atom is 0.338 e. The average molecular weight is 473 g/mol. The largest absolute Gasteiger partial charge is 0.465 e. The minimum atomic E-state index is -0.548. The van der Waals surface area contributed by atoms with E-state index in [0.29, 0.717) is 17.2 Å². The Hall–Kier alpha value is -3.46. The van der Waals surface area contributed by atoms with Crippen LogP contribution in [0.4, 0.5) is 11.4 Å². The number of hydrogen-bond donors (Lipinski definition) is 2. The molecule has 4 rings (SSSR count). The van der Waals surface area contributed by atoms with Crippen molar-refractivity contribution in [2.45, 2.75) is 50.4 Å². The third-order valence-corrected chi connectivity index (χ3v) is 6.25. The number of carbonyl (C=O) groups is 2. The van der Waals surface area contributed by atoms with Crippen LogP contribution in [0, 0.1) is 10.1 Å². The number of rotatable bonds is 5. The highest BCUT2D eigenvalue weighted by molar-refractivity contribution is 5.91. The maximum absolute atomic E-state index is 11.3. The third-order valence-electron chi connectivity index (χ3n) is 6.25. The van der Waals surface area contributed by atoms with Gasteiger partial charge in [0.1, 0.15) is 0 Å². The number of aliphatic hydroxyl groups is 1. The Bertz CT molecular complexity index is 1010. The number of anilines is 1. The monoisotopic (exact) mass is 472 g/mol. The van der Waals surface area contributed by atoms with Gasteiger partial charge in [-0.3, -0.25) is 10.1 Å². The van der Waals surface area contributed by atoms with E-state index in [4.69, 9.17) is 10.8 Å². The van der Waals surface area contributed by atoms with Crippen LogP contribution in [-0.4, -0.2) is 43.3 Å². The molecule has 2 aromatic rings. The van der Waals surface area contributed by atoms with Crippen LogP contribution < -0.4 is 5.73 Å². The normalized spacial score (nSPS) is 14.7. The molecule has 9 nitrogen and oxygen atoms in total. The molecule has 3 N–H and O–H groups in total. The average Bonchev–Trinajstić information content (AvgIpc) is 2.79. The predicted molar refractivity (Wildman–Crippen MR) is 128 cm³/mol. The van der Waals surface area contributed by atoms with Crippen molar-refractivity contribution >= 4 is 23.3 Å². The van der Waals surface area contributed by atoms with Crippen LogP contribution in [0.5, 0.6) is 0 Å². The van der Waals surface area contributed by atoms with Gasteiger partial charge in [-0.2, -0.15) is 0 Å². The summed E-state index contributed by atoms with van der Waals surface area (Å²) in [7, 11) is 3.63. The number of nitrogens with zero attached hydrogens (tertiary/aromatic N) is 1. The second-order valence-electron chi connectivity index (χ2n) is 8.11. The highest BCUT2D eigenvalue weighted by Crippen LogP contribution is 2.41. The highest BCUT2D eigenvalue weighted by Gasteiger charge is 2.28. The smallest absolute Gasteiger partial charge is 0.338 e. The molecule has 2 saturated carbocycles. The van der Waals surface area contributed by atoms with E-state index in [9.17, 15) is 19.7 Å². The number of methoxy groups -OCH3 is 2. The Morgan fingerprint density at radius 3 is 1.71 bits per heavy atom. The molecule has 0 saturated heterocycles. The summed E-state index contributed by atoms with van der Waals surface area (Å²) in [6.45, 7) is 0. The van der Waals surface area contributed by atoms with Gasteiger partial charge in [0.05, 0.1) is 30.3 Å². The molecule has 0 aliphatic heterocycles. The first-order valence-corrected chi connectivity index (χ1v) is 11.1. The molecule has 2 aliphatic rings. The van der Waals surface area contributed by atoms with E-state index < -0.39 is 10.9 Å². The Kier molecular flexibility index (Phi) is 10.0. The van der Waals surface area contributed by atoms with Crippen LogP contribution in [0.15, 0.2) is 36.4 Å². The predicted octanol–water partition coefficient (Wildman–Crippen LogP) is 4.58. The molecule has 34 heavy (non-hydrogen) atoms. The molecule has 2 aliphatic carbocycles. The summed E-state index contributed by atoms with van der Waals surface area (Å²) in [5.74, 6) is -0.0195. The lowest BCUT2D eigenvalue weighted by Gasteiger charge is -2.27. The summed E-state index contributed by atoms with van der Waals surface area (Å²) in [6, 6.07) is 10.0. The Morgan fingerprint density at radius 2 is 1.32 bits per heavy atom. The quantitative estimate of drug-likeness (QED) is 0.279. The summed E-state index contributed by atoms with van der Waals surface area (Å²) < 4.78 is 9.19. The zero-order valence-corrected chi connectivity index (χ0v) is 19.8. The van der Waals surface area contributed by atoms with Crippen molar-refractivity contribution in [3.8, 4) is 0 Å². The summed E-state index contributed by atoms with van der Waals surface area (Å²) in [4.78, 5) is 33.1. The van der Waals surface area contributed by atoms with Crippen LogP contribution in [0.3, 0.4) is 0 Å². The van der Waals surface area contributed by atoms with Gasteiger partial charge in [-0.15, -0.1) is 0 Å². The van der Waals surface area contributed by atoms with Gasteiger partial charge in [0.25, 0.3) is 5.69 Å². The second-order valence-corrected chi connectivity index (χ2v) is 8.11. The van der Waals surface area contributed by atoms with E-state index in [2.05, 4.69) is 9.47 Å². The second kappa shape index (κ2) is 12.7. The fraction of sp³-hybridized carbons (Fsp3) is 0.440. The number of aliphatic hydroxyl groups excluding tert-OH is 1. The van der Waals surface area contributed by atoms with Gasteiger partial charge in [-0.25, -0.2) is 9.59 Å². The first-order chi connectivity index (χ1) is 16.3. The van der Waals surface area contributed by atoms with Gasteiger partial charge in [0, 0.05) is 24.4 Å². The van der Waals surface area contributed by atoms with Crippen molar-refractivity contribution < 1.29 is 29.1 Å². The molecule has 0 spiro atoms. The van der Waals surface area contributed by atoms with Gasteiger partial charge in [-0.1, -0.05) is 25.0 Å². The summed E-state index contributed by atoms with van der Waals surface area (Å²) in [6.07, 6.45) is 6.78. The number of benzene rings is 2. The number of nitro groups is 1. The molecule has 2 aromatic carbocycles. The molecule has 0 radical (unpaired) electrons. The topological polar surface area (TPSA) is 142 Å². The Balaban J connectivity index is 0.000000225. The van der Waals surface area contributed by atoms with Crippen molar-refractivity contribution in [3.05, 3.63) is 68.8 Å². The molecule has 0 atom stereocenters. The lowest BCUT2D eigenvalue weighted by atomic mass is 9.79. The van der Waals surface area contributed by atoms with Crippen LogP contribution in [0.25, 0.3) is 0 Å². The molecule has 0 bridgehead atoms. The Morgan fingerprint density at radius 1 is 0.882 bits per heavy atom. The zero-order chi connectivity index (χ0) is 25.3. The van der Waals surface area contributed by atoms with E-state index in [-0.39, 0.29) is 23.1 Å². The molecule has 0 aromatic heterocycles. The number of esters is 2. The fourth-order valence-corrected chi connectivity index (χ4v) is 3.92. The number of carbonyl (C=O) groups excluding carboxylic acids is 2. The number of nitro benzene ring substituents is 1. The molecule has 0 amide bonds. The minimum Gasteiger partial charge on any atom is -0.465 e. The van der Waals surface area contributed by atoms with Crippen LogP contribution >= 0.6 is 0 Å². The van der Waals surface area contributed by atoms with Crippen molar-refractivity contribution in [2.75, 3.05) is 27.1 Å². The standard InChI is InChI=1S/C12H13NO4.C12H15NO2.CH4O/c1-17-12(14)9-5-6-10(8-3-2-4-8)11(7-9)13(15)16;1-15-12(14)9-5-6-10(11(13)7-9)8-3-2-4-8;1-2/h5-8H,2-4H2,1H3;5-8H,2-4,13H2,1H3;2H,1H3. The molecule has 2 fully saturated rings. The Labute approximate surface area is 199 Å². The summed E-state index contributed by atoms with van der Waals surface area (Å²) in [5.41, 5.74) is 9.31. The molecule has 0 heterocycles. The molecule has 0 unspecified atom stereocenters. The molecule has 184 valence electrons. The maximum atomic E-state index is 11.3. The third kappa shape index (κ3) is 6.32. The molecule has 9 heteroatoms. The highest BCUT2D eigenvalue weighted by atomic mass is 16.6. The summed E-state index contributed by atoms with van der Waals surface area (Å²) in [5, 5.41) is 18.0. The lowest BCUT2D eigenvalue weighted by Crippen LogP contribution is -2.12. The van der Waals surface area contributed by atoms with Crippen LogP contribution in [0.2, 0.25) is 0 Å². The van der Waals surface area contributed by atoms with Crippen LogP contribution in [0.1, 0.15) is 82.2 Å². The van der Waals surface area contributed by atoms with Crippen LogP contribution in [-0.2, 0) is 9.47 Å². The SMILES string of the molecule is CO.COC(=O)c1ccc(C2CCC2)c(N)c1.COC(=O)c1ccc(C2CCC2)c([N+](=O)[O-])c1. The number of nitrogens with two attached hydrogens (primary N) is 1. The van der Waals surface area contributed by atoms with E-state index in [1.54, 1.807) is 24.3 Å². The van der Waals surface area contributed by atoms with E-state index >= 15 is 0 Å². The van der Waals surface area contributed by atoms with Gasteiger partial charge in [0.15, 0.2) is 0 Å².